The Bertz CT molecular complexity index is 90.3. The maximum atomic E-state index is 11.4. The summed E-state index contributed by atoms with van der Waals surface area (Å²) in [5.74, 6) is 0. The molecule has 5 heteroatoms. The molecule has 2 atom stereocenters. The third kappa shape index (κ3) is 3.05. The van der Waals surface area contributed by atoms with E-state index in [9.17, 15) is 13.2 Å². The Kier molecular flexibility index (Phi) is 2.95. The van der Waals surface area contributed by atoms with Gasteiger partial charge in [-0.15, -0.1) is 0 Å². The van der Waals surface area contributed by atoms with Gasteiger partial charge in [-0.05, 0) is 6.92 Å². The largest absolute Gasteiger partial charge is 0.415 e. The average Bonchev–Trinajstić information content (AvgIpc) is 1.62. The van der Waals surface area contributed by atoms with Crippen molar-refractivity contribution in [2.75, 3.05) is 0 Å². The first-order valence-corrected chi connectivity index (χ1v) is 3.16. The number of hydrogen-bond acceptors (Lipinski definition) is 1. The molecule has 0 radical (unpaired) electrons. The molecule has 0 aromatic carbocycles. The van der Waals surface area contributed by atoms with Gasteiger partial charge >= 0.3 is 6.18 Å². The van der Waals surface area contributed by atoms with E-state index in [1.807, 2.05) is 0 Å². The summed E-state index contributed by atoms with van der Waals surface area (Å²) in [6, 6.07) is 0. The predicted octanol–water partition coefficient (Wildman–Crippen LogP) is 1.69. The van der Waals surface area contributed by atoms with Crippen LogP contribution < -0.4 is 0 Å². The highest BCUT2D eigenvalue weighted by Crippen LogP contribution is 2.25. The molecule has 0 amide bonds. The Morgan fingerprint density at radius 2 is 1.78 bits per heavy atom. The topological polar surface area (TPSA) is 20.2 Å². The van der Waals surface area contributed by atoms with E-state index in [1.54, 1.807) is 0 Å². The zero-order chi connectivity index (χ0) is 7.65. The van der Waals surface area contributed by atoms with Gasteiger partial charge in [-0.1, -0.05) is 15.9 Å². The fraction of sp³-hybridized carbons (Fsp3) is 1.00. The van der Waals surface area contributed by atoms with Crippen LogP contribution in [0.2, 0.25) is 0 Å². The number of alkyl halides is 4. The Morgan fingerprint density at radius 3 is 1.78 bits per heavy atom. The highest BCUT2D eigenvalue weighted by molar-refractivity contribution is 9.09. The number of aliphatic hydroxyl groups excluding tert-OH is 1. The molecule has 0 aliphatic rings. The van der Waals surface area contributed by atoms with Crippen molar-refractivity contribution in [3.63, 3.8) is 0 Å². The van der Waals surface area contributed by atoms with E-state index in [4.69, 9.17) is 5.11 Å². The SMILES string of the molecule is CC(Br)C(O)C(F)(F)F. The third-order valence-corrected chi connectivity index (χ3v) is 1.27. The summed E-state index contributed by atoms with van der Waals surface area (Å²) in [4.78, 5) is -0.947. The molecule has 0 saturated carbocycles. The van der Waals surface area contributed by atoms with Crippen LogP contribution in [0.1, 0.15) is 6.92 Å². The lowest BCUT2D eigenvalue weighted by molar-refractivity contribution is -0.201. The van der Waals surface area contributed by atoms with E-state index in [0.29, 0.717) is 0 Å². The van der Waals surface area contributed by atoms with Gasteiger partial charge in [-0.25, -0.2) is 0 Å². The molecule has 0 saturated heterocycles. The Labute approximate surface area is 59.0 Å². The standard InChI is InChI=1S/C4H6BrF3O/c1-2(5)3(9)4(6,7)8/h2-3,9H,1H3. The highest BCUT2D eigenvalue weighted by atomic mass is 79.9. The minimum atomic E-state index is -4.51. The Morgan fingerprint density at radius 1 is 1.44 bits per heavy atom. The molecule has 0 heterocycles. The maximum absolute atomic E-state index is 11.4. The van der Waals surface area contributed by atoms with Crippen LogP contribution in [0.4, 0.5) is 13.2 Å². The lowest BCUT2D eigenvalue weighted by Gasteiger charge is -2.15. The minimum Gasteiger partial charge on any atom is -0.383 e. The molecular formula is C4H6BrF3O. The van der Waals surface area contributed by atoms with Crippen molar-refractivity contribution in [2.24, 2.45) is 0 Å². The fourth-order valence-corrected chi connectivity index (χ4v) is 0.560. The maximum Gasteiger partial charge on any atom is 0.415 e. The van der Waals surface area contributed by atoms with Crippen LogP contribution in [0.5, 0.6) is 0 Å². The van der Waals surface area contributed by atoms with Crippen molar-refractivity contribution in [3.05, 3.63) is 0 Å². The van der Waals surface area contributed by atoms with Crippen LogP contribution in [-0.4, -0.2) is 22.2 Å². The van der Waals surface area contributed by atoms with Crippen molar-refractivity contribution in [2.45, 2.75) is 24.0 Å². The first kappa shape index (κ1) is 9.23. The van der Waals surface area contributed by atoms with Crippen molar-refractivity contribution in [1.29, 1.82) is 0 Å². The number of hydrogen-bond donors (Lipinski definition) is 1. The highest BCUT2D eigenvalue weighted by Gasteiger charge is 2.40. The van der Waals surface area contributed by atoms with Crippen molar-refractivity contribution in [1.82, 2.24) is 0 Å². The molecular weight excluding hydrogens is 201 g/mol. The number of rotatable bonds is 1. The van der Waals surface area contributed by atoms with Crippen molar-refractivity contribution < 1.29 is 18.3 Å². The average molecular weight is 207 g/mol. The molecule has 0 aliphatic heterocycles. The minimum absolute atomic E-state index is 0.947. The van der Waals surface area contributed by atoms with Gasteiger partial charge in [-0.3, -0.25) is 0 Å². The van der Waals surface area contributed by atoms with Crippen LogP contribution in [0.3, 0.4) is 0 Å². The van der Waals surface area contributed by atoms with E-state index in [-0.39, 0.29) is 0 Å². The van der Waals surface area contributed by atoms with Gasteiger partial charge in [0.05, 0.1) is 0 Å². The van der Waals surface area contributed by atoms with Gasteiger partial charge in [0.15, 0.2) is 6.10 Å². The Balaban J connectivity index is 3.88. The van der Waals surface area contributed by atoms with Gasteiger partial charge in [0, 0.05) is 4.83 Å². The summed E-state index contributed by atoms with van der Waals surface area (Å²) in [7, 11) is 0. The monoisotopic (exact) mass is 206 g/mol. The molecule has 1 nitrogen and oxygen atoms in total. The van der Waals surface area contributed by atoms with Crippen LogP contribution in [0, 0.1) is 0 Å². The van der Waals surface area contributed by atoms with Crippen LogP contribution in [0.25, 0.3) is 0 Å². The summed E-state index contributed by atoms with van der Waals surface area (Å²) in [6.07, 6.45) is -6.78. The summed E-state index contributed by atoms with van der Waals surface area (Å²) in [5.41, 5.74) is 0. The lowest BCUT2D eigenvalue weighted by Crippen LogP contribution is -2.34. The normalized spacial score (nSPS) is 19.3. The second-order valence-corrected chi connectivity index (χ2v) is 3.11. The van der Waals surface area contributed by atoms with Gasteiger partial charge in [0.2, 0.25) is 0 Å². The summed E-state index contributed by atoms with van der Waals surface area (Å²) < 4.78 is 34.3. The molecule has 9 heavy (non-hydrogen) atoms. The lowest BCUT2D eigenvalue weighted by atomic mass is 10.3. The van der Waals surface area contributed by atoms with Crippen molar-refractivity contribution >= 4 is 15.9 Å². The van der Waals surface area contributed by atoms with E-state index >= 15 is 0 Å². The molecule has 0 rings (SSSR count). The van der Waals surface area contributed by atoms with E-state index in [1.165, 1.54) is 6.92 Å². The molecule has 56 valence electrons. The zero-order valence-electron chi connectivity index (χ0n) is 4.61. The van der Waals surface area contributed by atoms with Crippen molar-refractivity contribution in [3.8, 4) is 0 Å². The summed E-state index contributed by atoms with van der Waals surface area (Å²) >= 11 is 2.61. The van der Waals surface area contributed by atoms with E-state index in [0.717, 1.165) is 0 Å². The van der Waals surface area contributed by atoms with Gasteiger partial charge < -0.3 is 5.11 Å². The molecule has 1 N–H and O–H groups in total. The fourth-order valence-electron chi connectivity index (χ4n) is 0.260. The van der Waals surface area contributed by atoms with E-state index < -0.39 is 17.1 Å². The molecule has 0 aromatic heterocycles. The van der Waals surface area contributed by atoms with E-state index in [2.05, 4.69) is 15.9 Å². The molecule has 0 spiro atoms. The quantitative estimate of drug-likeness (QED) is 0.648. The van der Waals surface area contributed by atoms with Crippen LogP contribution in [-0.2, 0) is 0 Å². The van der Waals surface area contributed by atoms with Gasteiger partial charge in [-0.2, -0.15) is 13.2 Å². The third-order valence-electron chi connectivity index (χ3n) is 0.770. The summed E-state index contributed by atoms with van der Waals surface area (Å²) in [6.45, 7) is 1.23. The van der Waals surface area contributed by atoms with Crippen LogP contribution in [0.15, 0.2) is 0 Å². The van der Waals surface area contributed by atoms with Gasteiger partial charge in [0.25, 0.3) is 0 Å². The number of aliphatic hydroxyl groups is 1. The smallest absolute Gasteiger partial charge is 0.383 e. The molecule has 0 fully saturated rings. The molecule has 2 unspecified atom stereocenters. The second-order valence-electron chi connectivity index (χ2n) is 1.66. The predicted molar refractivity (Wildman–Crippen MR) is 30.5 cm³/mol. The first-order chi connectivity index (χ1) is 3.85. The summed E-state index contributed by atoms with van der Waals surface area (Å²) in [5, 5.41) is 8.29. The first-order valence-electron chi connectivity index (χ1n) is 2.24. The van der Waals surface area contributed by atoms with Crippen LogP contribution >= 0.6 is 15.9 Å². The number of halogens is 4. The molecule has 0 aliphatic carbocycles. The molecule has 0 bridgehead atoms. The zero-order valence-corrected chi connectivity index (χ0v) is 6.20. The Hall–Kier alpha value is 0.230. The molecule has 0 aromatic rings. The van der Waals surface area contributed by atoms with Gasteiger partial charge in [0.1, 0.15) is 0 Å². The second kappa shape index (κ2) is 2.88.